The fourth-order valence-electron chi connectivity index (χ4n) is 2.07. The van der Waals surface area contributed by atoms with E-state index >= 15 is 0 Å². The van der Waals surface area contributed by atoms with Gasteiger partial charge in [0.2, 0.25) is 0 Å². The highest BCUT2D eigenvalue weighted by Crippen LogP contribution is 2.18. The van der Waals surface area contributed by atoms with Crippen molar-refractivity contribution in [3.63, 3.8) is 0 Å². The van der Waals surface area contributed by atoms with Crippen LogP contribution in [0.1, 0.15) is 38.7 Å². The topological polar surface area (TPSA) is 26.0 Å². The SMILES string of the molecule is CC(C)CCCC(CN)Cc1ccc(Cl)cc1. The normalized spacial score (nSPS) is 13.0. The Morgan fingerprint density at radius 3 is 2.29 bits per heavy atom. The Labute approximate surface area is 110 Å². The van der Waals surface area contributed by atoms with Gasteiger partial charge in [-0.05, 0) is 48.9 Å². The minimum atomic E-state index is 0.606. The van der Waals surface area contributed by atoms with Gasteiger partial charge in [0.15, 0.2) is 0 Å². The van der Waals surface area contributed by atoms with Gasteiger partial charge in [-0.25, -0.2) is 0 Å². The molecule has 1 atom stereocenters. The summed E-state index contributed by atoms with van der Waals surface area (Å²) in [5.41, 5.74) is 7.18. The maximum Gasteiger partial charge on any atom is 0.0406 e. The van der Waals surface area contributed by atoms with Crippen LogP contribution in [0.4, 0.5) is 0 Å². The van der Waals surface area contributed by atoms with Gasteiger partial charge >= 0.3 is 0 Å². The Kier molecular flexibility index (Phi) is 6.61. The maximum absolute atomic E-state index is 5.88. The molecule has 1 unspecified atom stereocenters. The van der Waals surface area contributed by atoms with Crippen molar-refractivity contribution in [1.82, 2.24) is 0 Å². The van der Waals surface area contributed by atoms with Crippen molar-refractivity contribution in [1.29, 1.82) is 0 Å². The predicted octanol–water partition coefficient (Wildman–Crippen LogP) is 4.28. The van der Waals surface area contributed by atoms with E-state index in [4.69, 9.17) is 17.3 Å². The number of hydrogen-bond acceptors (Lipinski definition) is 1. The molecule has 2 N–H and O–H groups in total. The fourth-order valence-corrected chi connectivity index (χ4v) is 2.20. The average Bonchev–Trinajstić information content (AvgIpc) is 2.30. The molecule has 1 rings (SSSR count). The van der Waals surface area contributed by atoms with Crippen molar-refractivity contribution in [2.75, 3.05) is 6.54 Å². The molecular weight excluding hydrogens is 230 g/mol. The molecule has 0 aromatic heterocycles. The second-order valence-electron chi connectivity index (χ2n) is 5.26. The van der Waals surface area contributed by atoms with Crippen LogP contribution < -0.4 is 5.73 Å². The van der Waals surface area contributed by atoms with E-state index in [1.165, 1.54) is 24.8 Å². The van der Waals surface area contributed by atoms with Crippen LogP contribution >= 0.6 is 11.6 Å². The van der Waals surface area contributed by atoms with Gasteiger partial charge in [0.1, 0.15) is 0 Å². The van der Waals surface area contributed by atoms with Crippen molar-refractivity contribution in [2.24, 2.45) is 17.6 Å². The molecule has 17 heavy (non-hydrogen) atoms. The molecule has 2 heteroatoms. The van der Waals surface area contributed by atoms with E-state index in [1.807, 2.05) is 12.1 Å². The summed E-state index contributed by atoms with van der Waals surface area (Å²) >= 11 is 5.88. The van der Waals surface area contributed by atoms with Crippen LogP contribution in [0.3, 0.4) is 0 Å². The Bertz CT molecular complexity index is 305. The molecule has 0 spiro atoms. The number of halogens is 1. The molecule has 1 aromatic rings. The van der Waals surface area contributed by atoms with Crippen LogP contribution in [-0.4, -0.2) is 6.54 Å². The molecule has 0 amide bonds. The van der Waals surface area contributed by atoms with Gasteiger partial charge in [-0.2, -0.15) is 0 Å². The quantitative estimate of drug-likeness (QED) is 0.771. The monoisotopic (exact) mass is 253 g/mol. The Morgan fingerprint density at radius 1 is 1.12 bits per heavy atom. The third kappa shape index (κ3) is 6.09. The molecule has 0 heterocycles. The molecule has 96 valence electrons. The lowest BCUT2D eigenvalue weighted by Gasteiger charge is -2.15. The number of hydrogen-bond donors (Lipinski definition) is 1. The minimum Gasteiger partial charge on any atom is -0.330 e. The zero-order chi connectivity index (χ0) is 12.7. The van der Waals surface area contributed by atoms with Gasteiger partial charge in [0.25, 0.3) is 0 Å². The lowest BCUT2D eigenvalue weighted by molar-refractivity contribution is 0.437. The number of nitrogens with two attached hydrogens (primary N) is 1. The van der Waals surface area contributed by atoms with Gasteiger partial charge in [0.05, 0.1) is 0 Å². The first-order valence-corrected chi connectivity index (χ1v) is 6.94. The Balaban J connectivity index is 2.38. The van der Waals surface area contributed by atoms with E-state index < -0.39 is 0 Å². The number of benzene rings is 1. The molecule has 0 aliphatic heterocycles. The van der Waals surface area contributed by atoms with Crippen molar-refractivity contribution in [3.8, 4) is 0 Å². The summed E-state index contributed by atoms with van der Waals surface area (Å²) in [4.78, 5) is 0. The van der Waals surface area contributed by atoms with Crippen LogP contribution in [0.5, 0.6) is 0 Å². The second kappa shape index (κ2) is 7.73. The molecule has 0 fully saturated rings. The molecule has 0 saturated heterocycles. The highest BCUT2D eigenvalue weighted by atomic mass is 35.5. The first kappa shape index (κ1) is 14.5. The summed E-state index contributed by atoms with van der Waals surface area (Å²) in [7, 11) is 0. The Hall–Kier alpha value is -0.530. The molecule has 1 nitrogen and oxygen atoms in total. The smallest absolute Gasteiger partial charge is 0.0406 e. The zero-order valence-electron chi connectivity index (χ0n) is 11.0. The Morgan fingerprint density at radius 2 is 1.76 bits per heavy atom. The average molecular weight is 254 g/mol. The summed E-state index contributed by atoms with van der Waals surface area (Å²) in [6, 6.07) is 8.12. The largest absolute Gasteiger partial charge is 0.330 e. The standard InChI is InChI=1S/C15H24ClN/c1-12(2)4-3-5-14(11-17)10-13-6-8-15(16)9-7-13/h6-9,12,14H,3-5,10-11,17H2,1-2H3. The lowest BCUT2D eigenvalue weighted by atomic mass is 9.92. The third-order valence-corrected chi connectivity index (χ3v) is 3.42. The van der Waals surface area contributed by atoms with Gasteiger partial charge in [-0.3, -0.25) is 0 Å². The molecule has 0 saturated carbocycles. The zero-order valence-corrected chi connectivity index (χ0v) is 11.7. The lowest BCUT2D eigenvalue weighted by Crippen LogP contribution is -2.17. The molecule has 0 aliphatic carbocycles. The summed E-state index contributed by atoms with van der Waals surface area (Å²) in [5.74, 6) is 1.40. The summed E-state index contributed by atoms with van der Waals surface area (Å²) in [6.07, 6.45) is 4.90. The summed E-state index contributed by atoms with van der Waals surface area (Å²) in [5, 5.41) is 0.804. The predicted molar refractivity (Wildman–Crippen MR) is 76.4 cm³/mol. The van der Waals surface area contributed by atoms with E-state index in [2.05, 4.69) is 26.0 Å². The van der Waals surface area contributed by atoms with Crippen molar-refractivity contribution in [3.05, 3.63) is 34.9 Å². The van der Waals surface area contributed by atoms with Crippen molar-refractivity contribution in [2.45, 2.75) is 39.5 Å². The first-order valence-electron chi connectivity index (χ1n) is 6.56. The van der Waals surface area contributed by atoms with E-state index in [0.717, 1.165) is 23.9 Å². The van der Waals surface area contributed by atoms with Crippen LogP contribution in [-0.2, 0) is 6.42 Å². The number of rotatable bonds is 7. The molecule has 0 bridgehead atoms. The van der Waals surface area contributed by atoms with Crippen LogP contribution in [0.25, 0.3) is 0 Å². The van der Waals surface area contributed by atoms with Crippen molar-refractivity contribution < 1.29 is 0 Å². The van der Waals surface area contributed by atoms with Gasteiger partial charge in [-0.1, -0.05) is 50.4 Å². The van der Waals surface area contributed by atoms with E-state index in [9.17, 15) is 0 Å². The van der Waals surface area contributed by atoms with E-state index in [1.54, 1.807) is 0 Å². The van der Waals surface area contributed by atoms with E-state index in [-0.39, 0.29) is 0 Å². The van der Waals surface area contributed by atoms with Crippen LogP contribution in [0.15, 0.2) is 24.3 Å². The first-order chi connectivity index (χ1) is 8.11. The molecule has 0 aliphatic rings. The van der Waals surface area contributed by atoms with Crippen LogP contribution in [0, 0.1) is 11.8 Å². The van der Waals surface area contributed by atoms with Crippen LogP contribution in [0.2, 0.25) is 5.02 Å². The highest BCUT2D eigenvalue weighted by molar-refractivity contribution is 6.30. The maximum atomic E-state index is 5.88. The summed E-state index contributed by atoms with van der Waals surface area (Å²) in [6.45, 7) is 5.33. The fraction of sp³-hybridized carbons (Fsp3) is 0.600. The van der Waals surface area contributed by atoms with E-state index in [0.29, 0.717) is 5.92 Å². The highest BCUT2D eigenvalue weighted by Gasteiger charge is 2.08. The molecule has 1 aromatic carbocycles. The van der Waals surface area contributed by atoms with Gasteiger partial charge < -0.3 is 5.73 Å². The second-order valence-corrected chi connectivity index (χ2v) is 5.69. The van der Waals surface area contributed by atoms with Gasteiger partial charge in [-0.15, -0.1) is 0 Å². The van der Waals surface area contributed by atoms with Gasteiger partial charge in [0, 0.05) is 5.02 Å². The van der Waals surface area contributed by atoms with Crippen molar-refractivity contribution >= 4 is 11.6 Å². The molecule has 0 radical (unpaired) electrons. The minimum absolute atomic E-state index is 0.606. The third-order valence-electron chi connectivity index (χ3n) is 3.16. The molecular formula is C15H24ClN. The summed E-state index contributed by atoms with van der Waals surface area (Å²) < 4.78 is 0.